The number of nitrogens with zero attached hydrogens (tertiary/aromatic N) is 4. The first-order chi connectivity index (χ1) is 10.7. The van der Waals surface area contributed by atoms with Gasteiger partial charge in [0.25, 0.3) is 0 Å². The monoisotopic (exact) mass is 303 g/mol. The number of hydrogen-bond donors (Lipinski definition) is 2. The third-order valence-corrected chi connectivity index (χ3v) is 3.63. The molecule has 2 aromatic heterocycles. The number of aliphatic hydroxyl groups excluding tert-OH is 1. The summed E-state index contributed by atoms with van der Waals surface area (Å²) in [5, 5.41) is 13.9. The van der Waals surface area contributed by atoms with Crippen molar-refractivity contribution in [3.8, 4) is 0 Å². The molecule has 0 saturated heterocycles. The van der Waals surface area contributed by atoms with E-state index in [1.165, 1.54) is 18.5 Å². The van der Waals surface area contributed by atoms with E-state index < -0.39 is 6.10 Å². The van der Waals surface area contributed by atoms with Crippen LogP contribution in [0.4, 0.5) is 4.39 Å². The lowest BCUT2D eigenvalue weighted by molar-refractivity contribution is 0.143. The van der Waals surface area contributed by atoms with Crippen LogP contribution < -0.4 is 0 Å². The molecule has 1 atom stereocenters. The molecule has 3 rings (SSSR count). The second-order valence-corrected chi connectivity index (χ2v) is 5.27. The van der Waals surface area contributed by atoms with E-state index in [-0.39, 0.29) is 5.82 Å². The van der Waals surface area contributed by atoms with Crippen LogP contribution in [-0.2, 0) is 19.4 Å². The Kier molecular flexibility index (Phi) is 4.15. The second kappa shape index (κ2) is 6.23. The summed E-state index contributed by atoms with van der Waals surface area (Å²) < 4.78 is 14.9. The Labute approximate surface area is 127 Å². The summed E-state index contributed by atoms with van der Waals surface area (Å²) >= 11 is 0. The molecule has 7 heteroatoms. The van der Waals surface area contributed by atoms with Crippen LogP contribution in [0, 0.1) is 5.82 Å². The van der Waals surface area contributed by atoms with Gasteiger partial charge in [-0.1, -0.05) is 6.92 Å². The molecule has 1 aromatic carbocycles. The molecule has 3 aromatic rings. The molecule has 0 amide bonds. The second-order valence-electron chi connectivity index (χ2n) is 5.27. The van der Waals surface area contributed by atoms with Gasteiger partial charge in [-0.25, -0.2) is 19.0 Å². The highest BCUT2D eigenvalue weighted by Crippen LogP contribution is 2.14. The number of benzene rings is 1. The average Bonchev–Trinajstić information content (AvgIpc) is 3.10. The van der Waals surface area contributed by atoms with Crippen LogP contribution in [-0.4, -0.2) is 35.9 Å². The number of aromatic amines is 1. The molecular formula is C15H18FN5O. The van der Waals surface area contributed by atoms with Crippen LogP contribution in [0.15, 0.2) is 24.5 Å². The summed E-state index contributed by atoms with van der Waals surface area (Å²) in [6, 6.07) is 4.49. The predicted molar refractivity (Wildman–Crippen MR) is 79.8 cm³/mol. The van der Waals surface area contributed by atoms with Crippen molar-refractivity contribution in [3.63, 3.8) is 0 Å². The average molecular weight is 303 g/mol. The van der Waals surface area contributed by atoms with Gasteiger partial charge in [-0.2, -0.15) is 5.10 Å². The van der Waals surface area contributed by atoms with Gasteiger partial charge in [0.2, 0.25) is 0 Å². The zero-order valence-electron chi connectivity index (χ0n) is 12.3. The molecule has 0 spiro atoms. The number of hydrogen-bond acceptors (Lipinski definition) is 4. The maximum atomic E-state index is 13.2. The topological polar surface area (TPSA) is 79.6 Å². The number of nitrogens with one attached hydrogen (secondary N) is 1. The minimum absolute atomic E-state index is 0.281. The quantitative estimate of drug-likeness (QED) is 0.728. The lowest BCUT2D eigenvalue weighted by Gasteiger charge is -2.09. The molecule has 0 fully saturated rings. The molecular weight excluding hydrogens is 285 g/mol. The smallest absolute Gasteiger partial charge is 0.138 e. The van der Waals surface area contributed by atoms with Crippen molar-refractivity contribution in [1.82, 2.24) is 24.7 Å². The molecule has 0 aliphatic rings. The van der Waals surface area contributed by atoms with Gasteiger partial charge in [-0.15, -0.1) is 0 Å². The van der Waals surface area contributed by atoms with E-state index in [1.54, 1.807) is 10.7 Å². The fraction of sp³-hybridized carbons (Fsp3) is 0.400. The van der Waals surface area contributed by atoms with Crippen LogP contribution in [0.5, 0.6) is 0 Å². The number of imidazole rings is 1. The summed E-state index contributed by atoms with van der Waals surface area (Å²) in [7, 11) is 0. The molecule has 0 saturated carbocycles. The van der Waals surface area contributed by atoms with Gasteiger partial charge in [-0.05, 0) is 24.6 Å². The third-order valence-electron chi connectivity index (χ3n) is 3.63. The highest BCUT2D eigenvalue weighted by molar-refractivity contribution is 5.74. The van der Waals surface area contributed by atoms with E-state index in [2.05, 4.69) is 20.1 Å². The summed E-state index contributed by atoms with van der Waals surface area (Å²) in [6.07, 6.45) is 3.05. The van der Waals surface area contributed by atoms with Crippen molar-refractivity contribution in [2.75, 3.05) is 0 Å². The number of aromatic nitrogens is 5. The maximum Gasteiger partial charge on any atom is 0.138 e. The van der Waals surface area contributed by atoms with Crippen molar-refractivity contribution in [3.05, 3.63) is 42.0 Å². The molecule has 2 heterocycles. The van der Waals surface area contributed by atoms with Crippen LogP contribution in [0.1, 0.15) is 25.0 Å². The highest BCUT2D eigenvalue weighted by atomic mass is 19.1. The minimum Gasteiger partial charge on any atom is -0.391 e. The number of aliphatic hydroxyl groups is 1. The van der Waals surface area contributed by atoms with E-state index in [4.69, 9.17) is 0 Å². The lowest BCUT2D eigenvalue weighted by Crippen LogP contribution is -2.18. The number of halogens is 1. The molecule has 116 valence electrons. The van der Waals surface area contributed by atoms with Crippen LogP contribution >= 0.6 is 0 Å². The lowest BCUT2D eigenvalue weighted by atomic mass is 10.2. The molecule has 0 unspecified atom stereocenters. The van der Waals surface area contributed by atoms with E-state index >= 15 is 0 Å². The van der Waals surface area contributed by atoms with Gasteiger partial charge < -0.3 is 10.1 Å². The normalized spacial score (nSPS) is 12.9. The van der Waals surface area contributed by atoms with Crippen molar-refractivity contribution < 1.29 is 9.50 Å². The van der Waals surface area contributed by atoms with Crippen LogP contribution in [0.2, 0.25) is 0 Å². The number of rotatable bonds is 6. The van der Waals surface area contributed by atoms with Gasteiger partial charge >= 0.3 is 0 Å². The number of fused-ring (bicyclic) bond motifs is 1. The van der Waals surface area contributed by atoms with Crippen LogP contribution in [0.3, 0.4) is 0 Å². The van der Waals surface area contributed by atoms with Gasteiger partial charge in [0.05, 0.1) is 23.7 Å². The number of aryl methyl sites for hydroxylation is 2. The SMILES string of the molecule is CC[C@H](O)Cn1ncnc1CCc1nc2ccc(F)cc2[nH]1. The summed E-state index contributed by atoms with van der Waals surface area (Å²) in [4.78, 5) is 11.8. The Bertz CT molecular complexity index is 766. The maximum absolute atomic E-state index is 13.2. The Morgan fingerprint density at radius 1 is 1.36 bits per heavy atom. The van der Waals surface area contributed by atoms with E-state index in [1.807, 2.05) is 6.92 Å². The molecule has 0 aliphatic carbocycles. The van der Waals surface area contributed by atoms with Gasteiger partial charge in [-0.3, -0.25) is 0 Å². The van der Waals surface area contributed by atoms with Crippen molar-refractivity contribution in [1.29, 1.82) is 0 Å². The fourth-order valence-electron chi connectivity index (χ4n) is 2.35. The Morgan fingerprint density at radius 3 is 3.05 bits per heavy atom. The Hall–Kier alpha value is -2.28. The van der Waals surface area contributed by atoms with Gasteiger partial charge in [0.1, 0.15) is 23.8 Å². The molecule has 0 radical (unpaired) electrons. The fourth-order valence-corrected chi connectivity index (χ4v) is 2.35. The summed E-state index contributed by atoms with van der Waals surface area (Å²) in [6.45, 7) is 2.37. The van der Waals surface area contributed by atoms with E-state index in [0.29, 0.717) is 31.3 Å². The van der Waals surface area contributed by atoms with Crippen LogP contribution in [0.25, 0.3) is 11.0 Å². The first kappa shape index (κ1) is 14.6. The largest absolute Gasteiger partial charge is 0.391 e. The Morgan fingerprint density at radius 2 is 2.23 bits per heavy atom. The molecule has 0 bridgehead atoms. The molecule has 6 nitrogen and oxygen atoms in total. The minimum atomic E-state index is -0.422. The van der Waals surface area contributed by atoms with Crippen molar-refractivity contribution in [2.24, 2.45) is 0 Å². The molecule has 2 N–H and O–H groups in total. The first-order valence-corrected chi connectivity index (χ1v) is 7.34. The first-order valence-electron chi connectivity index (χ1n) is 7.34. The number of H-pyrrole nitrogens is 1. The van der Waals surface area contributed by atoms with Gasteiger partial charge in [0.15, 0.2) is 0 Å². The van der Waals surface area contributed by atoms with Crippen molar-refractivity contribution in [2.45, 2.75) is 38.8 Å². The zero-order chi connectivity index (χ0) is 15.5. The predicted octanol–water partition coefficient (Wildman–Crippen LogP) is 1.85. The third kappa shape index (κ3) is 3.14. The Balaban J connectivity index is 1.70. The zero-order valence-corrected chi connectivity index (χ0v) is 12.3. The highest BCUT2D eigenvalue weighted by Gasteiger charge is 2.10. The summed E-state index contributed by atoms with van der Waals surface area (Å²) in [5.41, 5.74) is 1.44. The van der Waals surface area contributed by atoms with E-state index in [9.17, 15) is 9.50 Å². The molecule has 0 aliphatic heterocycles. The van der Waals surface area contributed by atoms with Crippen molar-refractivity contribution >= 4 is 11.0 Å². The summed E-state index contributed by atoms with van der Waals surface area (Å²) in [5.74, 6) is 1.31. The van der Waals surface area contributed by atoms with Gasteiger partial charge in [0, 0.05) is 12.8 Å². The standard InChI is InChI=1S/C15H18FN5O/c1-2-11(22)8-21-15(17-9-18-21)6-5-14-19-12-4-3-10(16)7-13(12)20-14/h3-4,7,9,11,22H,2,5-6,8H2,1H3,(H,19,20)/t11-/m0/s1. The van der Waals surface area contributed by atoms with E-state index in [0.717, 1.165) is 17.2 Å². The molecule has 22 heavy (non-hydrogen) atoms.